The van der Waals surface area contributed by atoms with Gasteiger partial charge in [-0.1, -0.05) is 11.6 Å². The summed E-state index contributed by atoms with van der Waals surface area (Å²) in [5.41, 5.74) is -0.370. The summed E-state index contributed by atoms with van der Waals surface area (Å²) < 4.78 is 0.642. The summed E-state index contributed by atoms with van der Waals surface area (Å²) in [6.07, 6.45) is 1.20. The van der Waals surface area contributed by atoms with E-state index >= 15 is 0 Å². The predicted molar refractivity (Wildman–Crippen MR) is 84.8 cm³/mol. The highest BCUT2D eigenvalue weighted by Crippen LogP contribution is 2.28. The summed E-state index contributed by atoms with van der Waals surface area (Å²) in [7, 11) is 0. The molecule has 4 nitrogen and oxygen atoms in total. The van der Waals surface area contributed by atoms with Crippen molar-refractivity contribution in [2.45, 2.75) is 25.9 Å². The molecule has 1 saturated heterocycles. The lowest BCUT2D eigenvalue weighted by molar-refractivity contribution is -0.131. The molecule has 2 rings (SSSR count). The highest BCUT2D eigenvalue weighted by molar-refractivity contribution is 7.16. The minimum atomic E-state index is -0.693. The number of halogens is 2. The third-order valence-electron chi connectivity index (χ3n) is 3.52. The third-order valence-corrected chi connectivity index (χ3v) is 4.86. The van der Waals surface area contributed by atoms with Gasteiger partial charge in [0.05, 0.1) is 9.75 Å². The lowest BCUT2D eigenvalue weighted by atomic mass is 9.82. The van der Waals surface area contributed by atoms with Gasteiger partial charge in [-0.25, -0.2) is 0 Å². The Hall–Kier alpha value is -0.330. The van der Waals surface area contributed by atoms with Crippen molar-refractivity contribution in [3.05, 3.63) is 21.3 Å². The smallest absolute Gasteiger partial charge is 0.227 e. The maximum Gasteiger partial charge on any atom is 0.227 e. The molecule has 2 unspecified atom stereocenters. The molecule has 1 aliphatic heterocycles. The minimum Gasteiger partial charge on any atom is -0.386 e. The van der Waals surface area contributed by atoms with E-state index in [1.165, 1.54) is 11.3 Å². The molecule has 1 amide bonds. The average Bonchev–Trinajstić information content (AvgIpc) is 2.83. The van der Waals surface area contributed by atoms with Crippen molar-refractivity contribution in [2.75, 3.05) is 19.6 Å². The second-order valence-corrected chi connectivity index (χ2v) is 6.96. The number of piperidine rings is 1. The van der Waals surface area contributed by atoms with Crippen molar-refractivity contribution in [1.29, 1.82) is 0 Å². The summed E-state index contributed by atoms with van der Waals surface area (Å²) in [5, 5.41) is 16.1. The van der Waals surface area contributed by atoms with Crippen LogP contribution < -0.4 is 10.6 Å². The van der Waals surface area contributed by atoms with Crippen LogP contribution in [-0.4, -0.2) is 30.6 Å². The fraction of sp³-hybridized carbons (Fsp3) is 0.615. The fourth-order valence-electron chi connectivity index (χ4n) is 2.26. The van der Waals surface area contributed by atoms with Gasteiger partial charge in [-0.2, -0.15) is 0 Å². The molecule has 1 aromatic heterocycles. The Kier molecular flexibility index (Phi) is 6.75. The number of amides is 1. The Morgan fingerprint density at radius 2 is 2.40 bits per heavy atom. The molecule has 2 heterocycles. The second kappa shape index (κ2) is 7.61. The van der Waals surface area contributed by atoms with Gasteiger partial charge < -0.3 is 15.7 Å². The molecule has 0 saturated carbocycles. The average molecular weight is 339 g/mol. The molecule has 3 N–H and O–H groups in total. The normalized spacial score (nSPS) is 23.8. The monoisotopic (exact) mass is 338 g/mol. The SMILES string of the molecule is CC1(C(=O)NCC(O)c2ccc(Cl)s2)CCCNC1.Cl. The van der Waals surface area contributed by atoms with E-state index in [2.05, 4.69) is 10.6 Å². The fourth-order valence-corrected chi connectivity index (χ4v) is 3.31. The van der Waals surface area contributed by atoms with E-state index in [0.717, 1.165) is 24.3 Å². The standard InChI is InChI=1S/C13H19ClN2O2S.ClH/c1-13(5-2-6-15-8-13)12(18)16-7-9(17)10-3-4-11(14)19-10;/h3-4,9,15,17H,2,5-8H2,1H3,(H,16,18);1H. The topological polar surface area (TPSA) is 61.4 Å². The molecule has 1 aliphatic rings. The highest BCUT2D eigenvalue weighted by Gasteiger charge is 2.34. The number of hydrogen-bond acceptors (Lipinski definition) is 4. The number of hydrogen-bond donors (Lipinski definition) is 3. The minimum absolute atomic E-state index is 0. The maximum absolute atomic E-state index is 12.2. The molecule has 1 fully saturated rings. The van der Waals surface area contributed by atoms with E-state index < -0.39 is 6.10 Å². The van der Waals surface area contributed by atoms with Gasteiger partial charge in [0.15, 0.2) is 0 Å². The lowest BCUT2D eigenvalue weighted by Crippen LogP contribution is -2.49. The van der Waals surface area contributed by atoms with Crippen LogP contribution in [0.2, 0.25) is 4.34 Å². The van der Waals surface area contributed by atoms with Crippen molar-refractivity contribution in [3.8, 4) is 0 Å². The van der Waals surface area contributed by atoms with Gasteiger partial charge in [-0.15, -0.1) is 23.7 Å². The van der Waals surface area contributed by atoms with Crippen LogP contribution >= 0.6 is 35.3 Å². The first-order valence-corrected chi connectivity index (χ1v) is 7.63. The van der Waals surface area contributed by atoms with Gasteiger partial charge in [0, 0.05) is 18.0 Å². The van der Waals surface area contributed by atoms with Gasteiger partial charge in [0.2, 0.25) is 5.91 Å². The Labute approximate surface area is 134 Å². The largest absolute Gasteiger partial charge is 0.386 e. The molecule has 0 bridgehead atoms. The Balaban J connectivity index is 0.00000200. The molecule has 0 spiro atoms. The second-order valence-electron chi connectivity index (χ2n) is 5.21. The quantitative estimate of drug-likeness (QED) is 0.789. The third kappa shape index (κ3) is 4.33. The Bertz CT molecular complexity index is 447. The van der Waals surface area contributed by atoms with Crippen LogP contribution in [0.5, 0.6) is 0 Å². The molecule has 0 aliphatic carbocycles. The number of nitrogens with one attached hydrogen (secondary N) is 2. The van der Waals surface area contributed by atoms with Gasteiger partial charge in [-0.05, 0) is 38.4 Å². The zero-order chi connectivity index (χ0) is 13.9. The zero-order valence-corrected chi connectivity index (χ0v) is 13.7. The Morgan fingerprint density at radius 1 is 1.65 bits per heavy atom. The number of rotatable bonds is 4. The first-order chi connectivity index (χ1) is 9.01. The van der Waals surface area contributed by atoms with Crippen molar-refractivity contribution >= 4 is 41.3 Å². The van der Waals surface area contributed by atoms with Gasteiger partial charge >= 0.3 is 0 Å². The molecule has 114 valence electrons. The summed E-state index contributed by atoms with van der Waals surface area (Å²) in [4.78, 5) is 13.0. The molecule has 2 atom stereocenters. The summed E-state index contributed by atoms with van der Waals surface area (Å²) in [6, 6.07) is 3.53. The maximum atomic E-state index is 12.2. The molecular weight excluding hydrogens is 319 g/mol. The molecule has 0 aromatic carbocycles. The summed E-state index contributed by atoms with van der Waals surface area (Å²) in [5.74, 6) is 0.00130. The zero-order valence-electron chi connectivity index (χ0n) is 11.3. The van der Waals surface area contributed by atoms with Crippen molar-refractivity contribution < 1.29 is 9.90 Å². The molecule has 0 radical (unpaired) electrons. The van der Waals surface area contributed by atoms with E-state index in [0.29, 0.717) is 10.9 Å². The van der Waals surface area contributed by atoms with Crippen LogP contribution in [0.4, 0.5) is 0 Å². The predicted octanol–water partition coefficient (Wildman–Crippen LogP) is 2.36. The van der Waals surface area contributed by atoms with Gasteiger partial charge in [-0.3, -0.25) is 4.79 Å². The van der Waals surface area contributed by atoms with Crippen LogP contribution in [0.15, 0.2) is 12.1 Å². The van der Waals surface area contributed by atoms with Crippen molar-refractivity contribution in [3.63, 3.8) is 0 Å². The van der Waals surface area contributed by atoms with E-state index in [-0.39, 0.29) is 30.3 Å². The van der Waals surface area contributed by atoms with Crippen molar-refractivity contribution in [2.24, 2.45) is 5.41 Å². The summed E-state index contributed by atoms with van der Waals surface area (Å²) in [6.45, 7) is 3.85. The van der Waals surface area contributed by atoms with Crippen LogP contribution in [-0.2, 0) is 4.79 Å². The van der Waals surface area contributed by atoms with E-state index in [4.69, 9.17) is 11.6 Å². The van der Waals surface area contributed by atoms with Crippen LogP contribution in [0.25, 0.3) is 0 Å². The molecule has 1 aromatic rings. The van der Waals surface area contributed by atoms with Gasteiger partial charge in [0.25, 0.3) is 0 Å². The molecular formula is C13H20Cl2N2O2S. The van der Waals surface area contributed by atoms with E-state index in [1.54, 1.807) is 12.1 Å². The number of carbonyl (C=O) groups is 1. The Morgan fingerprint density at radius 3 is 2.95 bits per heavy atom. The van der Waals surface area contributed by atoms with Crippen LogP contribution in [0, 0.1) is 5.41 Å². The van der Waals surface area contributed by atoms with Gasteiger partial charge in [0.1, 0.15) is 6.10 Å². The van der Waals surface area contributed by atoms with Crippen LogP contribution in [0.3, 0.4) is 0 Å². The van der Waals surface area contributed by atoms with Crippen molar-refractivity contribution in [1.82, 2.24) is 10.6 Å². The number of aliphatic hydroxyl groups excluding tert-OH is 1. The van der Waals surface area contributed by atoms with E-state index in [9.17, 15) is 9.90 Å². The number of carbonyl (C=O) groups excluding carboxylic acids is 1. The number of thiophene rings is 1. The van der Waals surface area contributed by atoms with E-state index in [1.807, 2.05) is 6.92 Å². The van der Waals surface area contributed by atoms with Crippen LogP contribution in [0.1, 0.15) is 30.7 Å². The number of aliphatic hydroxyl groups is 1. The summed E-state index contributed by atoms with van der Waals surface area (Å²) >= 11 is 7.16. The lowest BCUT2D eigenvalue weighted by Gasteiger charge is -2.32. The highest BCUT2D eigenvalue weighted by atomic mass is 35.5. The first-order valence-electron chi connectivity index (χ1n) is 6.43. The first kappa shape index (κ1) is 17.7. The molecule has 7 heteroatoms. The molecule has 20 heavy (non-hydrogen) atoms.